The molecular formula is C8H13B4NO2. The Balaban J connectivity index is 4.76. The lowest BCUT2D eigenvalue weighted by molar-refractivity contribution is -0.137. The maximum Gasteiger partial charge on any atom is 0.302 e. The van der Waals surface area contributed by atoms with Gasteiger partial charge in [0.15, 0.2) is 0 Å². The highest BCUT2D eigenvalue weighted by Gasteiger charge is 2.38. The molecule has 0 saturated heterocycles. The zero-order chi connectivity index (χ0) is 12.5. The third kappa shape index (κ3) is 4.83. The van der Waals surface area contributed by atoms with Crippen molar-refractivity contribution in [1.29, 1.82) is 0 Å². The standard InChI is InChI=1S/C8H13B4NO2/c1-6(2,3)13-8(11,12)7(9,10)4-5(14)15/h13H,4H2,1-3H3,(H,14,15). The number of carboxylic acids is 1. The maximum atomic E-state index is 10.5. The van der Waals surface area contributed by atoms with Gasteiger partial charge in [0.1, 0.15) is 0 Å². The van der Waals surface area contributed by atoms with Crippen molar-refractivity contribution in [2.45, 2.75) is 43.3 Å². The minimum absolute atomic E-state index is 0.425. The molecule has 0 aliphatic rings. The topological polar surface area (TPSA) is 49.3 Å². The molecule has 74 valence electrons. The summed E-state index contributed by atoms with van der Waals surface area (Å²) in [4.78, 5) is 10.5. The number of nitrogens with one attached hydrogen (secondary N) is 1. The van der Waals surface area contributed by atoms with Gasteiger partial charge < -0.3 is 10.4 Å². The van der Waals surface area contributed by atoms with Crippen LogP contribution in [0.15, 0.2) is 0 Å². The fraction of sp³-hybridized carbons (Fsp3) is 0.875. The molecule has 0 amide bonds. The van der Waals surface area contributed by atoms with Crippen LogP contribution in [0, 0.1) is 0 Å². The summed E-state index contributed by atoms with van der Waals surface area (Å²) in [6.45, 7) is 5.45. The molecule has 0 fully saturated rings. The normalized spacial score (nSPS) is 13.8. The average Bonchev–Trinajstić information content (AvgIpc) is 1.75. The summed E-state index contributed by atoms with van der Waals surface area (Å²) in [6, 6.07) is 0. The van der Waals surface area contributed by atoms with Crippen molar-refractivity contribution in [3.8, 4) is 0 Å². The first-order valence-electron chi connectivity index (χ1n) is 4.54. The Morgan fingerprint density at radius 3 is 1.87 bits per heavy atom. The second-order valence-electron chi connectivity index (χ2n) is 4.85. The molecule has 0 bridgehead atoms. The van der Waals surface area contributed by atoms with Gasteiger partial charge in [-0.25, -0.2) is 0 Å². The second-order valence-corrected chi connectivity index (χ2v) is 4.85. The highest BCUT2D eigenvalue weighted by atomic mass is 16.4. The highest BCUT2D eigenvalue weighted by molar-refractivity contribution is 6.54. The van der Waals surface area contributed by atoms with Crippen molar-refractivity contribution in [3.63, 3.8) is 0 Å². The molecule has 7 heteroatoms. The number of hydrogen-bond donors (Lipinski definition) is 2. The lowest BCUT2D eigenvalue weighted by atomic mass is 9.32. The van der Waals surface area contributed by atoms with E-state index in [1.807, 2.05) is 20.8 Å². The zero-order valence-corrected chi connectivity index (χ0v) is 9.37. The van der Waals surface area contributed by atoms with E-state index in [4.69, 9.17) is 36.5 Å². The van der Waals surface area contributed by atoms with Crippen LogP contribution in [0.5, 0.6) is 0 Å². The summed E-state index contributed by atoms with van der Waals surface area (Å²) < 4.78 is 0. The van der Waals surface area contributed by atoms with Gasteiger partial charge in [-0.05, 0) is 20.8 Å². The SMILES string of the molecule is [B]C([B])(CC(=O)O)C([B])([B])NC(C)(C)C. The second kappa shape index (κ2) is 4.28. The van der Waals surface area contributed by atoms with E-state index in [9.17, 15) is 4.79 Å². The number of carboxylic acid groups (broad SMARTS) is 1. The van der Waals surface area contributed by atoms with Gasteiger partial charge in [0.25, 0.3) is 0 Å². The summed E-state index contributed by atoms with van der Waals surface area (Å²) in [5.41, 5.74) is -0.425. The molecule has 0 aromatic rings. The maximum absolute atomic E-state index is 10.5. The van der Waals surface area contributed by atoms with Crippen LogP contribution >= 0.6 is 0 Å². The first kappa shape index (κ1) is 14.7. The third-order valence-corrected chi connectivity index (χ3v) is 1.80. The molecule has 8 radical (unpaired) electrons. The first-order valence-corrected chi connectivity index (χ1v) is 4.54. The van der Waals surface area contributed by atoms with Crippen LogP contribution in [0.25, 0.3) is 0 Å². The van der Waals surface area contributed by atoms with Gasteiger partial charge in [0.05, 0.1) is 31.4 Å². The Labute approximate surface area is 96.4 Å². The van der Waals surface area contributed by atoms with Gasteiger partial charge in [0, 0.05) is 12.0 Å². The first-order chi connectivity index (χ1) is 6.37. The Hall–Kier alpha value is -0.310. The Morgan fingerprint density at radius 1 is 1.20 bits per heavy atom. The largest absolute Gasteiger partial charge is 0.481 e. The lowest BCUT2D eigenvalue weighted by Crippen LogP contribution is -2.62. The van der Waals surface area contributed by atoms with E-state index >= 15 is 0 Å². The van der Waals surface area contributed by atoms with E-state index in [1.165, 1.54) is 0 Å². The Bertz CT molecular complexity index is 248. The number of hydrogen-bond acceptors (Lipinski definition) is 2. The van der Waals surface area contributed by atoms with Crippen LogP contribution in [-0.2, 0) is 4.79 Å². The van der Waals surface area contributed by atoms with Gasteiger partial charge in [-0.2, -0.15) is 0 Å². The van der Waals surface area contributed by atoms with Gasteiger partial charge in [-0.1, -0.05) is 10.6 Å². The zero-order valence-electron chi connectivity index (χ0n) is 9.37. The molecule has 0 aromatic carbocycles. The molecule has 15 heavy (non-hydrogen) atoms. The third-order valence-electron chi connectivity index (χ3n) is 1.80. The fourth-order valence-electron chi connectivity index (χ4n) is 1.13. The summed E-state index contributed by atoms with van der Waals surface area (Å²) in [5.74, 6) is -1.16. The molecule has 0 saturated carbocycles. The number of aliphatic carboxylic acids is 1. The van der Waals surface area contributed by atoms with E-state index < -0.39 is 28.5 Å². The molecular weight excluding hydrogens is 185 g/mol. The fourth-order valence-corrected chi connectivity index (χ4v) is 1.13. The van der Waals surface area contributed by atoms with Crippen molar-refractivity contribution < 1.29 is 9.90 Å². The number of carbonyl (C=O) groups is 1. The van der Waals surface area contributed by atoms with Gasteiger partial charge >= 0.3 is 5.97 Å². The van der Waals surface area contributed by atoms with Crippen LogP contribution < -0.4 is 5.32 Å². The summed E-state index contributed by atoms with van der Waals surface area (Å²) in [6.07, 6.45) is -0.525. The van der Waals surface area contributed by atoms with Crippen LogP contribution in [0.1, 0.15) is 27.2 Å². The predicted octanol–water partition coefficient (Wildman–Crippen LogP) is -0.707. The molecule has 0 spiro atoms. The van der Waals surface area contributed by atoms with Crippen LogP contribution in [-0.4, -0.2) is 53.3 Å². The van der Waals surface area contributed by atoms with E-state index in [1.54, 1.807) is 0 Å². The molecule has 0 aliphatic heterocycles. The van der Waals surface area contributed by atoms with Gasteiger partial charge in [-0.3, -0.25) is 4.79 Å². The van der Waals surface area contributed by atoms with Crippen molar-refractivity contribution in [3.05, 3.63) is 0 Å². The van der Waals surface area contributed by atoms with Crippen molar-refractivity contribution in [1.82, 2.24) is 5.32 Å². The van der Waals surface area contributed by atoms with Crippen LogP contribution in [0.3, 0.4) is 0 Å². The molecule has 0 rings (SSSR count). The molecule has 0 aliphatic carbocycles. The van der Waals surface area contributed by atoms with Crippen molar-refractivity contribution in [2.75, 3.05) is 0 Å². The average molecular weight is 198 g/mol. The van der Waals surface area contributed by atoms with E-state index in [2.05, 4.69) is 5.32 Å². The van der Waals surface area contributed by atoms with Crippen molar-refractivity contribution >= 4 is 37.4 Å². The van der Waals surface area contributed by atoms with E-state index in [0.29, 0.717) is 0 Å². The summed E-state index contributed by atoms with van der Waals surface area (Å²) in [7, 11) is 22.5. The molecule has 0 unspecified atom stereocenters. The summed E-state index contributed by atoms with van der Waals surface area (Å²) in [5, 5.41) is 8.00. The minimum Gasteiger partial charge on any atom is -0.481 e. The molecule has 0 aromatic heterocycles. The minimum atomic E-state index is -1.73. The monoisotopic (exact) mass is 199 g/mol. The Kier molecular flexibility index (Phi) is 4.19. The quantitative estimate of drug-likeness (QED) is 0.587. The smallest absolute Gasteiger partial charge is 0.302 e. The number of rotatable bonds is 4. The van der Waals surface area contributed by atoms with Gasteiger partial charge in [-0.15, -0.1) is 0 Å². The van der Waals surface area contributed by atoms with Crippen LogP contribution in [0.4, 0.5) is 0 Å². The lowest BCUT2D eigenvalue weighted by Gasteiger charge is -2.48. The van der Waals surface area contributed by atoms with Gasteiger partial charge in [0.2, 0.25) is 0 Å². The summed E-state index contributed by atoms with van der Waals surface area (Å²) >= 11 is 0. The molecule has 0 heterocycles. The van der Waals surface area contributed by atoms with Crippen LogP contribution in [0.2, 0.25) is 5.21 Å². The molecule has 3 nitrogen and oxygen atoms in total. The predicted molar refractivity (Wildman–Crippen MR) is 63.6 cm³/mol. The highest BCUT2D eigenvalue weighted by Crippen LogP contribution is 2.32. The molecule has 0 atom stereocenters. The Morgan fingerprint density at radius 2 is 1.60 bits per heavy atom. The van der Waals surface area contributed by atoms with Crippen molar-refractivity contribution in [2.24, 2.45) is 0 Å². The van der Waals surface area contributed by atoms with E-state index in [0.717, 1.165) is 0 Å². The van der Waals surface area contributed by atoms with E-state index in [-0.39, 0.29) is 0 Å². The molecule has 2 N–H and O–H groups in total.